The third kappa shape index (κ3) is 3.75. The number of hydrogen-bond acceptors (Lipinski definition) is 10. The molecular formula is C16H24N6O7S. The van der Waals surface area contributed by atoms with Crippen LogP contribution in [0.25, 0.3) is 11.0 Å². The molecule has 0 bridgehead atoms. The molecule has 0 saturated carbocycles. The molecule has 5 atom stereocenters. The largest absolute Gasteiger partial charge is 0.383 e. The first-order valence-corrected chi connectivity index (χ1v) is 10.7. The van der Waals surface area contributed by atoms with Crippen molar-refractivity contribution in [3.8, 4) is 0 Å². The number of aromatic nitrogens is 4. The molecule has 0 spiro atoms. The van der Waals surface area contributed by atoms with Crippen molar-refractivity contribution in [1.29, 1.82) is 0 Å². The fourth-order valence-electron chi connectivity index (χ4n) is 3.80. The van der Waals surface area contributed by atoms with Crippen LogP contribution in [0.15, 0.2) is 6.33 Å². The van der Waals surface area contributed by atoms with Gasteiger partial charge in [0.15, 0.2) is 17.7 Å². The summed E-state index contributed by atoms with van der Waals surface area (Å²) in [5.74, 6) is -0.680. The molecule has 2 aliphatic rings. The third-order valence-electron chi connectivity index (χ3n) is 5.12. The van der Waals surface area contributed by atoms with Crippen molar-refractivity contribution in [2.75, 3.05) is 19.4 Å². The van der Waals surface area contributed by atoms with Gasteiger partial charge in [-0.25, -0.2) is 14.6 Å². The summed E-state index contributed by atoms with van der Waals surface area (Å²) in [6.07, 6.45) is -1.84. The molecule has 0 radical (unpaired) electrons. The Morgan fingerprint density at radius 1 is 1.37 bits per heavy atom. The highest BCUT2D eigenvalue weighted by molar-refractivity contribution is 7.83. The summed E-state index contributed by atoms with van der Waals surface area (Å²) in [4.78, 5) is 8.35. The second-order valence-corrected chi connectivity index (χ2v) is 8.86. The van der Waals surface area contributed by atoms with Gasteiger partial charge in [0.1, 0.15) is 36.2 Å². The fraction of sp³-hybridized carbons (Fsp3) is 0.688. The number of nitrogens with zero attached hydrogens (tertiary/aromatic N) is 4. The van der Waals surface area contributed by atoms with Gasteiger partial charge in [0.25, 0.3) is 0 Å². The molecule has 4 heterocycles. The highest BCUT2D eigenvalue weighted by atomic mass is 32.2. The maximum Gasteiger partial charge on any atom is 0.333 e. The van der Waals surface area contributed by atoms with E-state index in [1.807, 2.05) is 11.6 Å². The van der Waals surface area contributed by atoms with Gasteiger partial charge in [-0.1, -0.05) is 0 Å². The minimum absolute atomic E-state index is 0.215. The van der Waals surface area contributed by atoms with Crippen molar-refractivity contribution in [2.45, 2.75) is 57.2 Å². The van der Waals surface area contributed by atoms with E-state index in [1.165, 1.54) is 11.0 Å². The second-order valence-electron chi connectivity index (χ2n) is 7.62. The lowest BCUT2D eigenvalue weighted by molar-refractivity contribution is -0.196. The molecule has 2 saturated heterocycles. The van der Waals surface area contributed by atoms with E-state index in [1.54, 1.807) is 21.0 Å². The molecule has 2 fully saturated rings. The second kappa shape index (κ2) is 7.33. The molecule has 0 aromatic carbocycles. The van der Waals surface area contributed by atoms with Gasteiger partial charge in [-0.3, -0.25) is 4.55 Å². The number of fused-ring (bicyclic) bond motifs is 2. The summed E-state index contributed by atoms with van der Waals surface area (Å²) >= 11 is 0. The Labute approximate surface area is 172 Å². The molecule has 4 rings (SSSR count). The first kappa shape index (κ1) is 21.3. The average Bonchev–Trinajstić information content (AvgIpc) is 3.28. The third-order valence-corrected chi connectivity index (χ3v) is 5.65. The van der Waals surface area contributed by atoms with E-state index in [0.29, 0.717) is 16.7 Å². The normalized spacial score (nSPS) is 29.4. The van der Waals surface area contributed by atoms with Gasteiger partial charge >= 0.3 is 10.3 Å². The number of nitrogen functional groups attached to an aromatic ring is 1. The number of nitrogens with two attached hydrogens (primary N) is 1. The molecule has 0 aliphatic carbocycles. The monoisotopic (exact) mass is 444 g/mol. The molecule has 0 amide bonds. The van der Waals surface area contributed by atoms with E-state index >= 15 is 0 Å². The lowest BCUT2D eigenvalue weighted by Crippen LogP contribution is -2.39. The van der Waals surface area contributed by atoms with Gasteiger partial charge in [-0.15, -0.1) is 0 Å². The van der Waals surface area contributed by atoms with Crippen molar-refractivity contribution in [3.05, 3.63) is 12.0 Å². The van der Waals surface area contributed by atoms with Gasteiger partial charge < -0.3 is 24.7 Å². The Morgan fingerprint density at radius 2 is 2.07 bits per heavy atom. The lowest BCUT2D eigenvalue weighted by Gasteiger charge is -2.24. The molecule has 1 unspecified atom stereocenters. The van der Waals surface area contributed by atoms with Crippen LogP contribution in [0, 0.1) is 0 Å². The average molecular weight is 444 g/mol. The van der Waals surface area contributed by atoms with Crippen LogP contribution >= 0.6 is 0 Å². The number of nitrogens with one attached hydrogen (secondary N) is 1. The van der Waals surface area contributed by atoms with E-state index < -0.39 is 46.7 Å². The van der Waals surface area contributed by atoms with Crippen molar-refractivity contribution in [1.82, 2.24) is 24.5 Å². The molecule has 4 N–H and O–H groups in total. The van der Waals surface area contributed by atoms with Crippen LogP contribution in [0.1, 0.15) is 38.8 Å². The number of rotatable bonds is 6. The number of anilines is 1. The maximum absolute atomic E-state index is 11.1. The highest BCUT2D eigenvalue weighted by Gasteiger charge is 2.56. The first-order valence-electron chi connectivity index (χ1n) is 9.25. The van der Waals surface area contributed by atoms with Crippen LogP contribution in [0.5, 0.6) is 0 Å². The van der Waals surface area contributed by atoms with Gasteiger partial charge in [0.05, 0.1) is 11.5 Å². The van der Waals surface area contributed by atoms with Gasteiger partial charge in [0.2, 0.25) is 0 Å². The Hall–Kier alpha value is -1.94. The smallest absolute Gasteiger partial charge is 0.333 e. The van der Waals surface area contributed by atoms with Crippen molar-refractivity contribution < 1.29 is 31.9 Å². The molecule has 30 heavy (non-hydrogen) atoms. The van der Waals surface area contributed by atoms with Crippen LogP contribution < -0.4 is 10.5 Å². The summed E-state index contributed by atoms with van der Waals surface area (Å²) in [7, 11) is -2.86. The number of methoxy groups -OCH3 is 1. The quantitative estimate of drug-likeness (QED) is 0.509. The Bertz CT molecular complexity index is 1060. The van der Waals surface area contributed by atoms with Crippen LogP contribution in [0.3, 0.4) is 0 Å². The fourth-order valence-corrected chi connectivity index (χ4v) is 4.18. The summed E-state index contributed by atoms with van der Waals surface area (Å²) in [5.41, 5.74) is 7.02. The van der Waals surface area contributed by atoms with Crippen LogP contribution in [0.4, 0.5) is 5.82 Å². The van der Waals surface area contributed by atoms with Crippen molar-refractivity contribution >= 4 is 27.2 Å². The minimum atomic E-state index is -4.40. The topological polar surface area (TPSA) is 173 Å². The van der Waals surface area contributed by atoms with E-state index in [-0.39, 0.29) is 12.4 Å². The van der Waals surface area contributed by atoms with Crippen LogP contribution in [0.2, 0.25) is 0 Å². The summed E-state index contributed by atoms with van der Waals surface area (Å²) in [5, 5.41) is 5.15. The van der Waals surface area contributed by atoms with Gasteiger partial charge in [-0.05, 0) is 20.8 Å². The molecule has 2 aromatic rings. The zero-order chi connectivity index (χ0) is 21.8. The Kier molecular flexibility index (Phi) is 5.21. The van der Waals surface area contributed by atoms with Crippen molar-refractivity contribution in [3.63, 3.8) is 0 Å². The number of ether oxygens (including phenoxy) is 4. The number of hydrogen-bond donors (Lipinski definition) is 3. The predicted octanol–water partition coefficient (Wildman–Crippen LogP) is -0.0742. The summed E-state index contributed by atoms with van der Waals surface area (Å²) in [6, 6.07) is 0. The summed E-state index contributed by atoms with van der Waals surface area (Å²) < 4.78 is 58.3. The van der Waals surface area contributed by atoms with E-state index in [4.69, 9.17) is 29.2 Å². The molecule has 2 aliphatic heterocycles. The van der Waals surface area contributed by atoms with Crippen molar-refractivity contribution in [2.24, 2.45) is 0 Å². The zero-order valence-electron chi connectivity index (χ0n) is 16.8. The van der Waals surface area contributed by atoms with E-state index in [9.17, 15) is 8.42 Å². The standard InChI is InChI=1S/C16H24N6O7S/c1-7(26-4)10-9-13(17)18-6-19-14(9)22(21-10)15-12-11(28-16(2,3)29-12)8(27-15)5-20-30(23,24)25/h6-8,11-12,15,20H,5H2,1-4H3,(H2,17,18,19)(H,23,24,25)/t7?,8-,11-,12-,15-/m1/s1. The minimum Gasteiger partial charge on any atom is -0.383 e. The first-order chi connectivity index (χ1) is 14.0. The van der Waals surface area contributed by atoms with Gasteiger partial charge in [-0.2, -0.15) is 18.2 Å². The highest BCUT2D eigenvalue weighted by Crippen LogP contribution is 2.44. The molecule has 14 heteroatoms. The van der Waals surface area contributed by atoms with Crippen LogP contribution in [-0.2, 0) is 29.3 Å². The Balaban J connectivity index is 1.76. The molecule has 166 valence electrons. The summed E-state index contributed by atoms with van der Waals surface area (Å²) in [6.45, 7) is 5.09. The van der Waals surface area contributed by atoms with E-state index in [2.05, 4.69) is 15.1 Å². The molecular weight excluding hydrogens is 420 g/mol. The van der Waals surface area contributed by atoms with E-state index in [0.717, 1.165) is 0 Å². The van der Waals surface area contributed by atoms with Crippen LogP contribution in [-0.4, -0.2) is 70.5 Å². The zero-order valence-corrected chi connectivity index (χ0v) is 17.7. The molecule has 13 nitrogen and oxygen atoms in total. The Morgan fingerprint density at radius 3 is 2.73 bits per heavy atom. The van der Waals surface area contributed by atoms with Gasteiger partial charge in [0, 0.05) is 13.7 Å². The SMILES string of the molecule is COC(C)c1nn([C@@H]2O[C@H](CNS(=O)(=O)O)[C@H]3OC(C)(C)O[C@H]32)c2ncnc(N)c12. The predicted molar refractivity (Wildman–Crippen MR) is 102 cm³/mol. The lowest BCUT2D eigenvalue weighted by atomic mass is 10.1. The molecule has 2 aromatic heterocycles. The maximum atomic E-state index is 11.1.